The zero-order valence-corrected chi connectivity index (χ0v) is 14.9. The highest BCUT2D eigenvalue weighted by Crippen LogP contribution is 2.31. The molecule has 1 atom stereocenters. The van der Waals surface area contributed by atoms with Crippen LogP contribution in [-0.4, -0.2) is 44.8 Å². The zero-order valence-electron chi connectivity index (χ0n) is 14.9. The Kier molecular flexibility index (Phi) is 5.74. The van der Waals surface area contributed by atoms with Gasteiger partial charge < -0.3 is 14.8 Å². The molecule has 2 aromatic carbocycles. The summed E-state index contributed by atoms with van der Waals surface area (Å²) in [6.07, 6.45) is 1.99. The van der Waals surface area contributed by atoms with E-state index < -0.39 is 0 Å². The molecule has 0 aromatic heterocycles. The SMILES string of the molecule is C=CC1CN(C(c2ccc(OC)cc2)c2ccc(OC)cc2)CCN1. The van der Waals surface area contributed by atoms with Crippen molar-refractivity contribution in [3.05, 3.63) is 72.3 Å². The van der Waals surface area contributed by atoms with E-state index in [0.29, 0.717) is 6.04 Å². The van der Waals surface area contributed by atoms with Crippen LogP contribution < -0.4 is 14.8 Å². The molecule has 1 aliphatic rings. The summed E-state index contributed by atoms with van der Waals surface area (Å²) in [7, 11) is 3.39. The van der Waals surface area contributed by atoms with Crippen LogP contribution in [-0.2, 0) is 0 Å². The Hall–Kier alpha value is -2.30. The average Bonchev–Trinajstić information content (AvgIpc) is 2.69. The van der Waals surface area contributed by atoms with Crippen molar-refractivity contribution in [3.8, 4) is 11.5 Å². The number of rotatable bonds is 6. The Morgan fingerprint density at radius 3 is 1.96 bits per heavy atom. The highest BCUT2D eigenvalue weighted by molar-refractivity contribution is 5.38. The maximum Gasteiger partial charge on any atom is 0.118 e. The van der Waals surface area contributed by atoms with Gasteiger partial charge in [-0.1, -0.05) is 30.3 Å². The molecule has 1 N–H and O–H groups in total. The molecule has 0 radical (unpaired) electrons. The van der Waals surface area contributed by atoms with Gasteiger partial charge >= 0.3 is 0 Å². The minimum absolute atomic E-state index is 0.196. The number of nitrogens with zero attached hydrogens (tertiary/aromatic N) is 1. The van der Waals surface area contributed by atoms with Gasteiger partial charge in [0.1, 0.15) is 11.5 Å². The molecule has 0 aliphatic carbocycles. The first-order valence-electron chi connectivity index (χ1n) is 8.63. The summed E-state index contributed by atoms with van der Waals surface area (Å²) in [5, 5.41) is 3.49. The second-order valence-electron chi connectivity index (χ2n) is 6.24. The Morgan fingerprint density at radius 2 is 1.52 bits per heavy atom. The van der Waals surface area contributed by atoms with Crippen LogP contribution in [0.1, 0.15) is 17.2 Å². The normalized spacial score (nSPS) is 18.1. The fourth-order valence-electron chi connectivity index (χ4n) is 3.38. The number of hydrogen-bond acceptors (Lipinski definition) is 4. The zero-order chi connectivity index (χ0) is 17.6. The monoisotopic (exact) mass is 338 g/mol. The summed E-state index contributed by atoms with van der Waals surface area (Å²) in [5.74, 6) is 1.75. The minimum atomic E-state index is 0.196. The van der Waals surface area contributed by atoms with E-state index in [9.17, 15) is 0 Å². The van der Waals surface area contributed by atoms with Crippen molar-refractivity contribution < 1.29 is 9.47 Å². The Morgan fingerprint density at radius 1 is 1.00 bits per heavy atom. The third-order valence-corrected chi connectivity index (χ3v) is 4.75. The van der Waals surface area contributed by atoms with Crippen LogP contribution in [0.5, 0.6) is 11.5 Å². The van der Waals surface area contributed by atoms with E-state index in [1.165, 1.54) is 11.1 Å². The topological polar surface area (TPSA) is 33.7 Å². The molecule has 132 valence electrons. The maximum absolute atomic E-state index is 5.31. The predicted molar refractivity (Wildman–Crippen MR) is 101 cm³/mol. The van der Waals surface area contributed by atoms with Crippen LogP contribution in [0.3, 0.4) is 0 Å². The first-order valence-corrected chi connectivity index (χ1v) is 8.63. The molecular formula is C21H26N2O2. The summed E-state index contributed by atoms with van der Waals surface area (Å²) >= 11 is 0. The second-order valence-corrected chi connectivity index (χ2v) is 6.24. The molecule has 0 spiro atoms. The first-order chi connectivity index (χ1) is 12.2. The van der Waals surface area contributed by atoms with Gasteiger partial charge in [-0.05, 0) is 35.4 Å². The number of ether oxygens (including phenoxy) is 2. The third kappa shape index (κ3) is 4.03. The van der Waals surface area contributed by atoms with Gasteiger partial charge in [0.15, 0.2) is 0 Å². The van der Waals surface area contributed by atoms with Crippen LogP contribution in [0.2, 0.25) is 0 Å². The lowest BCUT2D eigenvalue weighted by Gasteiger charge is -2.38. The van der Waals surface area contributed by atoms with E-state index in [2.05, 4.69) is 41.1 Å². The molecular weight excluding hydrogens is 312 g/mol. The van der Waals surface area contributed by atoms with Gasteiger partial charge in [0.25, 0.3) is 0 Å². The van der Waals surface area contributed by atoms with E-state index in [1.807, 2.05) is 30.3 Å². The highest BCUT2D eigenvalue weighted by atomic mass is 16.5. The summed E-state index contributed by atoms with van der Waals surface area (Å²) in [5.41, 5.74) is 2.52. The van der Waals surface area contributed by atoms with E-state index in [1.54, 1.807) is 14.2 Å². The smallest absolute Gasteiger partial charge is 0.118 e. The van der Waals surface area contributed by atoms with Crippen LogP contribution in [0, 0.1) is 0 Å². The van der Waals surface area contributed by atoms with Crippen LogP contribution >= 0.6 is 0 Å². The molecule has 1 heterocycles. The van der Waals surface area contributed by atoms with Crippen molar-refractivity contribution in [2.75, 3.05) is 33.9 Å². The average molecular weight is 338 g/mol. The van der Waals surface area contributed by atoms with Crippen molar-refractivity contribution >= 4 is 0 Å². The Labute approximate surface area is 150 Å². The van der Waals surface area contributed by atoms with Gasteiger partial charge in [-0.3, -0.25) is 4.90 Å². The summed E-state index contributed by atoms with van der Waals surface area (Å²) < 4.78 is 10.6. The number of piperazine rings is 1. The van der Waals surface area contributed by atoms with Gasteiger partial charge in [0, 0.05) is 25.7 Å². The summed E-state index contributed by atoms with van der Waals surface area (Å²) in [4.78, 5) is 2.51. The van der Waals surface area contributed by atoms with Crippen LogP contribution in [0.25, 0.3) is 0 Å². The molecule has 4 heteroatoms. The fourth-order valence-corrected chi connectivity index (χ4v) is 3.38. The van der Waals surface area contributed by atoms with Crippen molar-refractivity contribution in [2.24, 2.45) is 0 Å². The van der Waals surface area contributed by atoms with E-state index in [0.717, 1.165) is 31.1 Å². The van der Waals surface area contributed by atoms with E-state index in [-0.39, 0.29) is 6.04 Å². The molecule has 4 nitrogen and oxygen atoms in total. The Bertz CT molecular complexity index is 635. The largest absolute Gasteiger partial charge is 0.497 e. The summed E-state index contributed by atoms with van der Waals surface area (Å²) in [6, 6.07) is 17.2. The molecule has 3 rings (SSSR count). The molecule has 0 saturated carbocycles. The number of methoxy groups -OCH3 is 2. The maximum atomic E-state index is 5.31. The van der Waals surface area contributed by atoms with E-state index >= 15 is 0 Å². The van der Waals surface area contributed by atoms with E-state index in [4.69, 9.17) is 9.47 Å². The second kappa shape index (κ2) is 8.19. The molecule has 1 aliphatic heterocycles. The lowest BCUT2D eigenvalue weighted by atomic mass is 9.95. The quantitative estimate of drug-likeness (QED) is 0.820. The predicted octanol–water partition coefficient (Wildman–Crippen LogP) is 3.25. The van der Waals surface area contributed by atoms with Crippen molar-refractivity contribution in [1.82, 2.24) is 10.2 Å². The molecule has 2 aromatic rings. The standard InChI is InChI=1S/C21H26N2O2/c1-4-18-15-23(14-13-22-18)21(16-5-9-19(24-2)10-6-16)17-7-11-20(25-3)12-8-17/h4-12,18,21-22H,1,13-15H2,2-3H3. The number of nitrogens with one attached hydrogen (secondary N) is 1. The number of hydrogen-bond donors (Lipinski definition) is 1. The molecule has 1 fully saturated rings. The lowest BCUT2D eigenvalue weighted by molar-refractivity contribution is 0.178. The van der Waals surface area contributed by atoms with Crippen LogP contribution in [0.15, 0.2) is 61.2 Å². The molecule has 1 unspecified atom stereocenters. The van der Waals surface area contributed by atoms with Crippen molar-refractivity contribution in [1.29, 1.82) is 0 Å². The first kappa shape index (κ1) is 17.5. The van der Waals surface area contributed by atoms with Crippen molar-refractivity contribution in [2.45, 2.75) is 12.1 Å². The van der Waals surface area contributed by atoms with Crippen LogP contribution in [0.4, 0.5) is 0 Å². The molecule has 1 saturated heterocycles. The third-order valence-electron chi connectivity index (χ3n) is 4.75. The molecule has 0 bridgehead atoms. The number of benzene rings is 2. The fraction of sp³-hybridized carbons (Fsp3) is 0.333. The summed E-state index contributed by atoms with van der Waals surface area (Å²) in [6.45, 7) is 6.83. The highest BCUT2D eigenvalue weighted by Gasteiger charge is 2.27. The lowest BCUT2D eigenvalue weighted by Crippen LogP contribution is -2.50. The molecule has 0 amide bonds. The van der Waals surface area contributed by atoms with Gasteiger partial charge in [0.2, 0.25) is 0 Å². The minimum Gasteiger partial charge on any atom is -0.497 e. The Balaban J connectivity index is 1.95. The van der Waals surface area contributed by atoms with Gasteiger partial charge in [-0.15, -0.1) is 6.58 Å². The molecule has 25 heavy (non-hydrogen) atoms. The van der Waals surface area contributed by atoms with Crippen molar-refractivity contribution in [3.63, 3.8) is 0 Å². The van der Waals surface area contributed by atoms with Gasteiger partial charge in [0.05, 0.1) is 20.3 Å². The van der Waals surface area contributed by atoms with Gasteiger partial charge in [-0.25, -0.2) is 0 Å². The van der Waals surface area contributed by atoms with Gasteiger partial charge in [-0.2, -0.15) is 0 Å².